The summed E-state index contributed by atoms with van der Waals surface area (Å²) in [6.07, 6.45) is 10.2. The number of fused-ring (bicyclic) bond motifs is 1. The van der Waals surface area contributed by atoms with Crippen molar-refractivity contribution in [2.45, 2.75) is 98.8 Å². The van der Waals surface area contributed by atoms with Gasteiger partial charge in [0.05, 0.1) is 0 Å². The Labute approximate surface area is 188 Å². The van der Waals surface area contributed by atoms with E-state index in [1.165, 1.54) is 30.4 Å². The number of hydrogen-bond acceptors (Lipinski definition) is 3. The van der Waals surface area contributed by atoms with Crippen molar-refractivity contribution in [1.82, 2.24) is 4.98 Å². The predicted octanol–water partition coefficient (Wildman–Crippen LogP) is 8.05. The van der Waals surface area contributed by atoms with Crippen LogP contribution in [0.15, 0.2) is 34.3 Å². The van der Waals surface area contributed by atoms with Gasteiger partial charge in [-0.15, -0.1) is 0 Å². The number of aliphatic carboxylic acids is 1. The second-order valence-corrected chi connectivity index (χ2v) is 9.93. The van der Waals surface area contributed by atoms with E-state index in [1.54, 1.807) is 0 Å². The zero-order valence-electron chi connectivity index (χ0n) is 20.3. The number of aromatic nitrogens is 1. The molecule has 0 amide bonds. The van der Waals surface area contributed by atoms with E-state index in [0.717, 1.165) is 30.4 Å². The minimum atomic E-state index is -0.724. The number of carboxylic acid groups (broad SMARTS) is 1. The lowest BCUT2D eigenvalue weighted by molar-refractivity contribution is -0.137. The van der Waals surface area contributed by atoms with E-state index in [9.17, 15) is 9.90 Å². The summed E-state index contributed by atoms with van der Waals surface area (Å²) in [7, 11) is 0. The molecular formula is C27H41NO3. The molecule has 0 aliphatic heterocycles. The highest BCUT2D eigenvalue weighted by Gasteiger charge is 2.31. The van der Waals surface area contributed by atoms with Gasteiger partial charge in [-0.2, -0.15) is 0 Å². The minimum Gasteiger partial charge on any atom is -0.481 e. The van der Waals surface area contributed by atoms with Crippen molar-refractivity contribution < 1.29 is 14.3 Å². The molecule has 0 bridgehead atoms. The van der Waals surface area contributed by atoms with Crippen molar-refractivity contribution in [2.24, 2.45) is 11.3 Å². The van der Waals surface area contributed by atoms with Gasteiger partial charge in [0.1, 0.15) is 5.52 Å². The number of rotatable bonds is 13. The molecule has 0 radical (unpaired) electrons. The first kappa shape index (κ1) is 25.2. The number of hydrogen-bond donors (Lipinski definition) is 1. The van der Waals surface area contributed by atoms with Gasteiger partial charge in [0.2, 0.25) is 0 Å². The molecule has 1 N–H and O–H groups in total. The quantitative estimate of drug-likeness (QED) is 0.328. The molecule has 0 saturated heterocycles. The highest BCUT2D eigenvalue weighted by atomic mass is 16.4. The van der Waals surface area contributed by atoms with Crippen LogP contribution in [0.3, 0.4) is 0 Å². The van der Waals surface area contributed by atoms with Gasteiger partial charge >= 0.3 is 5.97 Å². The Morgan fingerprint density at radius 2 is 1.97 bits per heavy atom. The fourth-order valence-electron chi connectivity index (χ4n) is 4.66. The smallest absolute Gasteiger partial charge is 0.303 e. The Kier molecular flexibility index (Phi) is 9.33. The molecule has 31 heavy (non-hydrogen) atoms. The molecule has 2 unspecified atom stereocenters. The summed E-state index contributed by atoms with van der Waals surface area (Å²) in [5.74, 6) is 0.899. The summed E-state index contributed by atoms with van der Waals surface area (Å²) in [4.78, 5) is 15.8. The van der Waals surface area contributed by atoms with Crippen LogP contribution in [0.2, 0.25) is 0 Å². The molecule has 2 aromatic rings. The largest absolute Gasteiger partial charge is 0.481 e. The van der Waals surface area contributed by atoms with Crippen LogP contribution in [0.25, 0.3) is 11.1 Å². The molecule has 1 aromatic heterocycles. The van der Waals surface area contributed by atoms with Crippen LogP contribution >= 0.6 is 0 Å². The van der Waals surface area contributed by atoms with E-state index in [0.29, 0.717) is 18.2 Å². The van der Waals surface area contributed by atoms with Crippen molar-refractivity contribution in [1.29, 1.82) is 0 Å². The van der Waals surface area contributed by atoms with Crippen molar-refractivity contribution in [3.63, 3.8) is 0 Å². The summed E-state index contributed by atoms with van der Waals surface area (Å²) in [6, 6.07) is 6.30. The number of oxazole rings is 1. The van der Waals surface area contributed by atoms with Gasteiger partial charge in [-0.05, 0) is 74.0 Å². The fourth-order valence-corrected chi connectivity index (χ4v) is 4.66. The third kappa shape index (κ3) is 7.83. The predicted molar refractivity (Wildman–Crippen MR) is 128 cm³/mol. The van der Waals surface area contributed by atoms with Crippen LogP contribution in [-0.2, 0) is 4.79 Å². The molecule has 2 atom stereocenters. The number of nitrogens with zero attached hydrogens (tertiary/aromatic N) is 1. The third-order valence-electron chi connectivity index (χ3n) is 6.62. The molecule has 1 heterocycles. The molecule has 2 rings (SSSR count). The van der Waals surface area contributed by atoms with Crippen LogP contribution < -0.4 is 0 Å². The van der Waals surface area contributed by atoms with Gasteiger partial charge in [0.25, 0.3) is 0 Å². The highest BCUT2D eigenvalue weighted by molar-refractivity contribution is 5.73. The van der Waals surface area contributed by atoms with Gasteiger partial charge < -0.3 is 9.52 Å². The van der Waals surface area contributed by atoms with Gasteiger partial charge in [0.15, 0.2) is 11.5 Å². The molecule has 1 aromatic carbocycles. The molecule has 0 aliphatic carbocycles. The maximum atomic E-state index is 11.2. The molecule has 0 aliphatic rings. The summed E-state index contributed by atoms with van der Waals surface area (Å²) in [5, 5.41) is 9.24. The first-order chi connectivity index (χ1) is 14.6. The Morgan fingerprint density at radius 1 is 1.23 bits per heavy atom. The maximum Gasteiger partial charge on any atom is 0.303 e. The Morgan fingerprint density at radius 3 is 2.65 bits per heavy atom. The topological polar surface area (TPSA) is 63.3 Å². The molecule has 172 valence electrons. The normalized spacial score (nSPS) is 14.7. The van der Waals surface area contributed by atoms with Gasteiger partial charge in [-0.25, -0.2) is 4.98 Å². The van der Waals surface area contributed by atoms with E-state index in [-0.39, 0.29) is 17.8 Å². The lowest BCUT2D eigenvalue weighted by atomic mass is 9.69. The maximum absolute atomic E-state index is 11.2. The molecule has 0 saturated carbocycles. The van der Waals surface area contributed by atoms with Gasteiger partial charge in [-0.1, -0.05) is 58.3 Å². The molecule has 4 nitrogen and oxygen atoms in total. The standard InChI is InChI=1S/C27H41NO3/c1-7-9-19(2)10-8-11-20(3)12-14-23(27(5,6)17-16-26(29)30)22-13-15-25-24(18-22)28-21(4)31-25/h9,13,15,18,20,23H,7-8,10-12,14,16-17H2,1-6H3,(H,29,30). The van der Waals surface area contributed by atoms with Crippen LogP contribution in [0, 0.1) is 18.3 Å². The second-order valence-electron chi connectivity index (χ2n) is 9.93. The molecule has 0 fully saturated rings. The number of aryl methyl sites for hydroxylation is 1. The Hall–Kier alpha value is -2.10. The average Bonchev–Trinajstić information content (AvgIpc) is 3.06. The van der Waals surface area contributed by atoms with E-state index >= 15 is 0 Å². The van der Waals surface area contributed by atoms with Crippen molar-refractivity contribution in [2.75, 3.05) is 0 Å². The van der Waals surface area contributed by atoms with Crippen LogP contribution in [-0.4, -0.2) is 16.1 Å². The van der Waals surface area contributed by atoms with Crippen LogP contribution in [0.4, 0.5) is 0 Å². The van der Waals surface area contributed by atoms with E-state index in [2.05, 4.69) is 57.8 Å². The summed E-state index contributed by atoms with van der Waals surface area (Å²) < 4.78 is 5.65. The highest BCUT2D eigenvalue weighted by Crippen LogP contribution is 2.44. The van der Waals surface area contributed by atoms with Gasteiger partial charge in [-0.3, -0.25) is 4.79 Å². The number of carbonyl (C=O) groups is 1. The molecule has 4 heteroatoms. The summed E-state index contributed by atoms with van der Waals surface area (Å²) in [5.41, 5.74) is 4.33. The lowest BCUT2D eigenvalue weighted by Crippen LogP contribution is -2.24. The van der Waals surface area contributed by atoms with Crippen LogP contribution in [0.1, 0.15) is 103 Å². The minimum absolute atomic E-state index is 0.106. The Bertz CT molecular complexity index is 878. The first-order valence-corrected chi connectivity index (χ1v) is 11.9. The monoisotopic (exact) mass is 427 g/mol. The lowest BCUT2D eigenvalue weighted by Gasteiger charge is -2.35. The number of carboxylic acids is 1. The van der Waals surface area contributed by atoms with Gasteiger partial charge in [0, 0.05) is 13.3 Å². The fraction of sp³-hybridized carbons (Fsp3) is 0.630. The first-order valence-electron chi connectivity index (χ1n) is 11.9. The van der Waals surface area contributed by atoms with E-state index < -0.39 is 5.97 Å². The third-order valence-corrected chi connectivity index (χ3v) is 6.62. The summed E-state index contributed by atoms with van der Waals surface area (Å²) >= 11 is 0. The van der Waals surface area contributed by atoms with Crippen LogP contribution in [0.5, 0.6) is 0 Å². The van der Waals surface area contributed by atoms with E-state index in [4.69, 9.17) is 4.42 Å². The summed E-state index contributed by atoms with van der Waals surface area (Å²) in [6.45, 7) is 13.1. The van der Waals surface area contributed by atoms with E-state index in [1.807, 2.05) is 13.0 Å². The average molecular weight is 428 g/mol. The van der Waals surface area contributed by atoms with Crippen molar-refractivity contribution >= 4 is 17.1 Å². The molecule has 0 spiro atoms. The molecular weight excluding hydrogens is 386 g/mol. The van der Waals surface area contributed by atoms with Crippen molar-refractivity contribution in [3.05, 3.63) is 41.3 Å². The Balaban J connectivity index is 2.11. The second kappa shape index (κ2) is 11.5. The SMILES string of the molecule is CCC=C(C)CCCC(C)CCC(c1ccc2oc(C)nc2c1)C(C)(C)CCC(=O)O. The zero-order chi connectivity index (χ0) is 23.0. The number of benzene rings is 1. The van der Waals surface area contributed by atoms with Crippen molar-refractivity contribution in [3.8, 4) is 0 Å². The zero-order valence-corrected chi connectivity index (χ0v) is 20.3. The number of allylic oxidation sites excluding steroid dienone is 2.